The quantitative estimate of drug-likeness (QED) is 0.835. The minimum absolute atomic E-state index is 0.273. The van der Waals surface area contributed by atoms with Crippen LogP contribution in [0.2, 0.25) is 0 Å². The molecule has 0 radical (unpaired) electrons. The van der Waals surface area contributed by atoms with Crippen molar-refractivity contribution in [2.75, 3.05) is 7.11 Å². The highest BCUT2D eigenvalue weighted by atomic mass is 16.5. The lowest BCUT2D eigenvalue weighted by atomic mass is 10.2. The summed E-state index contributed by atoms with van der Waals surface area (Å²) in [5.41, 5.74) is 6.41. The molecule has 84 valence electrons. The minimum atomic E-state index is -0.273. The zero-order chi connectivity index (χ0) is 11.5. The molecule has 0 aromatic carbocycles. The summed E-state index contributed by atoms with van der Waals surface area (Å²) >= 11 is 0. The Labute approximate surface area is 92.4 Å². The third kappa shape index (κ3) is 2.01. The second kappa shape index (κ2) is 4.28. The summed E-state index contributed by atoms with van der Waals surface area (Å²) in [6, 6.07) is 3.23. The van der Waals surface area contributed by atoms with Gasteiger partial charge in [-0.3, -0.25) is 0 Å². The smallest absolute Gasteiger partial charge is 0.243 e. The summed E-state index contributed by atoms with van der Waals surface area (Å²) in [6.45, 7) is 1.78. The van der Waals surface area contributed by atoms with Crippen LogP contribution in [-0.4, -0.2) is 22.2 Å². The first-order valence-corrected chi connectivity index (χ1v) is 4.80. The Kier molecular flexibility index (Phi) is 2.82. The van der Waals surface area contributed by atoms with Crippen LogP contribution < -0.4 is 10.5 Å². The van der Waals surface area contributed by atoms with Crippen molar-refractivity contribution >= 4 is 0 Å². The number of hydrogen-bond donors (Lipinski definition) is 1. The highest BCUT2D eigenvalue weighted by Crippen LogP contribution is 2.20. The van der Waals surface area contributed by atoms with E-state index in [9.17, 15) is 0 Å². The van der Waals surface area contributed by atoms with Crippen LogP contribution in [0, 0.1) is 0 Å². The lowest BCUT2D eigenvalue weighted by Crippen LogP contribution is -2.04. The van der Waals surface area contributed by atoms with Crippen LogP contribution in [0.5, 0.6) is 5.88 Å². The van der Waals surface area contributed by atoms with E-state index in [1.54, 1.807) is 32.4 Å². The molecule has 6 heteroatoms. The first-order valence-electron chi connectivity index (χ1n) is 4.80. The first-order chi connectivity index (χ1) is 7.70. The average Bonchev–Trinajstić information content (AvgIpc) is 2.78. The molecule has 0 spiro atoms. The largest absolute Gasteiger partial charge is 0.481 e. The van der Waals surface area contributed by atoms with Crippen LogP contribution in [0.25, 0.3) is 11.4 Å². The van der Waals surface area contributed by atoms with Crippen molar-refractivity contribution in [2.24, 2.45) is 5.73 Å². The van der Waals surface area contributed by atoms with Gasteiger partial charge < -0.3 is 15.0 Å². The molecule has 0 aliphatic carbocycles. The van der Waals surface area contributed by atoms with Gasteiger partial charge in [0, 0.05) is 17.8 Å². The van der Waals surface area contributed by atoms with E-state index in [1.165, 1.54) is 0 Å². The van der Waals surface area contributed by atoms with Gasteiger partial charge in [-0.25, -0.2) is 4.98 Å². The lowest BCUT2D eigenvalue weighted by Gasteiger charge is -1.98. The normalized spacial score (nSPS) is 12.4. The number of rotatable bonds is 3. The highest BCUT2D eigenvalue weighted by molar-refractivity contribution is 5.55. The van der Waals surface area contributed by atoms with Crippen LogP contribution in [0.4, 0.5) is 0 Å². The maximum Gasteiger partial charge on any atom is 0.243 e. The molecule has 0 saturated heterocycles. The third-order valence-corrected chi connectivity index (χ3v) is 2.03. The second-order valence-electron chi connectivity index (χ2n) is 3.33. The number of pyridine rings is 1. The van der Waals surface area contributed by atoms with Gasteiger partial charge in [0.15, 0.2) is 0 Å². The van der Waals surface area contributed by atoms with E-state index in [4.69, 9.17) is 15.0 Å². The van der Waals surface area contributed by atoms with E-state index in [1.807, 2.05) is 0 Å². The Morgan fingerprint density at radius 2 is 2.31 bits per heavy atom. The van der Waals surface area contributed by atoms with Crippen molar-refractivity contribution in [3.8, 4) is 17.3 Å². The predicted molar refractivity (Wildman–Crippen MR) is 56.7 cm³/mol. The Morgan fingerprint density at radius 3 is 2.94 bits per heavy atom. The summed E-state index contributed by atoms with van der Waals surface area (Å²) in [6.07, 6.45) is 1.62. The van der Waals surface area contributed by atoms with Gasteiger partial charge in [-0.05, 0) is 13.0 Å². The molecule has 0 aliphatic rings. The number of nitrogens with two attached hydrogens (primary N) is 1. The fourth-order valence-corrected chi connectivity index (χ4v) is 1.20. The van der Waals surface area contributed by atoms with Gasteiger partial charge in [-0.15, -0.1) is 0 Å². The maximum absolute atomic E-state index is 5.63. The Balaban J connectivity index is 2.34. The van der Waals surface area contributed by atoms with Crippen molar-refractivity contribution < 1.29 is 9.26 Å². The van der Waals surface area contributed by atoms with Crippen LogP contribution in [0.15, 0.2) is 22.9 Å². The molecule has 1 atom stereocenters. The lowest BCUT2D eigenvalue weighted by molar-refractivity contribution is 0.362. The molecule has 2 N–H and O–H groups in total. The van der Waals surface area contributed by atoms with Crippen molar-refractivity contribution in [2.45, 2.75) is 13.0 Å². The van der Waals surface area contributed by atoms with Crippen molar-refractivity contribution in [1.82, 2.24) is 15.1 Å². The monoisotopic (exact) mass is 220 g/mol. The molecule has 2 aromatic heterocycles. The van der Waals surface area contributed by atoms with Crippen LogP contribution in [0.1, 0.15) is 18.9 Å². The van der Waals surface area contributed by atoms with Crippen molar-refractivity contribution in [3.05, 3.63) is 24.2 Å². The summed E-state index contributed by atoms with van der Waals surface area (Å²) < 4.78 is 10.0. The molecule has 0 bridgehead atoms. The number of hydrogen-bond acceptors (Lipinski definition) is 6. The molecular formula is C10H12N4O2. The molecule has 0 saturated carbocycles. The zero-order valence-electron chi connectivity index (χ0n) is 9.04. The summed E-state index contributed by atoms with van der Waals surface area (Å²) in [4.78, 5) is 8.16. The molecule has 1 unspecified atom stereocenters. The van der Waals surface area contributed by atoms with E-state index in [2.05, 4.69) is 15.1 Å². The van der Waals surface area contributed by atoms with E-state index < -0.39 is 0 Å². The average molecular weight is 220 g/mol. The number of nitrogens with zero attached hydrogens (tertiary/aromatic N) is 3. The molecule has 2 heterocycles. The number of methoxy groups -OCH3 is 1. The molecule has 16 heavy (non-hydrogen) atoms. The molecule has 2 aromatic rings. The third-order valence-electron chi connectivity index (χ3n) is 2.03. The van der Waals surface area contributed by atoms with Gasteiger partial charge in [-0.2, -0.15) is 4.98 Å². The topological polar surface area (TPSA) is 87.1 Å². The Bertz CT molecular complexity index is 481. The molecule has 0 fully saturated rings. The van der Waals surface area contributed by atoms with Gasteiger partial charge in [0.05, 0.1) is 13.2 Å². The Morgan fingerprint density at radius 1 is 1.50 bits per heavy atom. The van der Waals surface area contributed by atoms with E-state index in [0.717, 1.165) is 5.56 Å². The molecular weight excluding hydrogens is 208 g/mol. The summed E-state index contributed by atoms with van der Waals surface area (Å²) in [5.74, 6) is 1.39. The van der Waals surface area contributed by atoms with Crippen molar-refractivity contribution in [3.63, 3.8) is 0 Å². The van der Waals surface area contributed by atoms with E-state index >= 15 is 0 Å². The highest BCUT2D eigenvalue weighted by Gasteiger charge is 2.12. The summed E-state index contributed by atoms with van der Waals surface area (Å²) in [5, 5.41) is 3.83. The van der Waals surface area contributed by atoms with Gasteiger partial charge >= 0.3 is 0 Å². The number of ether oxygens (including phenoxy) is 1. The maximum atomic E-state index is 5.63. The fourth-order valence-electron chi connectivity index (χ4n) is 1.20. The van der Waals surface area contributed by atoms with Crippen LogP contribution >= 0.6 is 0 Å². The Hall–Kier alpha value is -1.95. The predicted octanol–water partition coefficient (Wildman–Crippen LogP) is 1.16. The van der Waals surface area contributed by atoms with Gasteiger partial charge in [0.25, 0.3) is 0 Å². The minimum Gasteiger partial charge on any atom is -0.481 e. The van der Waals surface area contributed by atoms with Crippen LogP contribution in [0.3, 0.4) is 0 Å². The zero-order valence-corrected chi connectivity index (χ0v) is 9.04. The number of aromatic nitrogens is 3. The SMILES string of the molecule is COc1cc(-c2noc(C(C)N)n2)ccn1. The molecule has 0 amide bonds. The fraction of sp³-hybridized carbons (Fsp3) is 0.300. The van der Waals surface area contributed by atoms with Gasteiger partial charge in [0.1, 0.15) is 0 Å². The van der Waals surface area contributed by atoms with Gasteiger partial charge in [0.2, 0.25) is 17.6 Å². The van der Waals surface area contributed by atoms with E-state index in [0.29, 0.717) is 17.6 Å². The first kappa shape index (κ1) is 10.6. The molecule has 6 nitrogen and oxygen atoms in total. The standard InChI is InChI=1S/C10H12N4O2/c1-6(11)10-13-9(14-16-10)7-3-4-12-8(5-7)15-2/h3-6H,11H2,1-2H3. The second-order valence-corrected chi connectivity index (χ2v) is 3.33. The summed E-state index contributed by atoms with van der Waals surface area (Å²) in [7, 11) is 1.55. The van der Waals surface area contributed by atoms with Gasteiger partial charge in [-0.1, -0.05) is 5.16 Å². The van der Waals surface area contributed by atoms with Crippen molar-refractivity contribution in [1.29, 1.82) is 0 Å². The van der Waals surface area contributed by atoms with Crippen LogP contribution in [-0.2, 0) is 0 Å². The van der Waals surface area contributed by atoms with E-state index in [-0.39, 0.29) is 6.04 Å². The molecule has 2 rings (SSSR count). The molecule has 0 aliphatic heterocycles.